The minimum atomic E-state index is -4.36. The van der Waals surface area contributed by atoms with E-state index in [2.05, 4.69) is 17.1 Å². The minimum absolute atomic E-state index is 0.0237. The summed E-state index contributed by atoms with van der Waals surface area (Å²) in [7, 11) is 0. The third kappa shape index (κ3) is 6.06. The van der Waals surface area contributed by atoms with Crippen LogP contribution in [0.4, 0.5) is 18.9 Å². The highest BCUT2D eigenvalue weighted by Gasteiger charge is 2.29. The molecule has 0 saturated heterocycles. The van der Waals surface area contributed by atoms with Crippen LogP contribution in [-0.2, 0) is 24.9 Å². The van der Waals surface area contributed by atoms with E-state index >= 15 is 0 Å². The van der Waals surface area contributed by atoms with Gasteiger partial charge in [-0.05, 0) is 29.7 Å². The van der Waals surface area contributed by atoms with Crippen LogP contribution in [0.15, 0.2) is 53.7 Å². The highest BCUT2D eigenvalue weighted by molar-refractivity contribution is 7.98. The van der Waals surface area contributed by atoms with Gasteiger partial charge in [-0.2, -0.15) is 13.2 Å². The number of halogens is 3. The second-order valence-corrected chi connectivity index (χ2v) is 7.94. The lowest BCUT2D eigenvalue weighted by Gasteiger charge is -2.11. The van der Waals surface area contributed by atoms with Crippen LogP contribution in [0, 0.1) is 10.1 Å². The Labute approximate surface area is 181 Å². The molecule has 0 saturated carbocycles. The second kappa shape index (κ2) is 9.95. The van der Waals surface area contributed by atoms with E-state index in [9.17, 15) is 23.3 Å². The normalized spacial score (nSPS) is 11.6. The predicted molar refractivity (Wildman–Crippen MR) is 112 cm³/mol. The average molecular weight is 450 g/mol. The van der Waals surface area contributed by atoms with E-state index in [1.165, 1.54) is 36.0 Å². The number of nitrogens with zero attached hydrogens (tertiary/aromatic N) is 4. The molecule has 0 radical (unpaired) electrons. The van der Waals surface area contributed by atoms with Crippen LogP contribution in [-0.4, -0.2) is 19.7 Å². The minimum Gasteiger partial charge on any atom is -0.302 e. The monoisotopic (exact) mass is 450 g/mol. The van der Waals surface area contributed by atoms with Gasteiger partial charge >= 0.3 is 6.18 Å². The fourth-order valence-corrected chi connectivity index (χ4v) is 3.86. The van der Waals surface area contributed by atoms with Gasteiger partial charge in [0.25, 0.3) is 5.69 Å². The quantitative estimate of drug-likeness (QED) is 0.231. The number of thioether (sulfide) groups is 1. The zero-order valence-electron chi connectivity index (χ0n) is 16.8. The molecule has 0 fully saturated rings. The highest BCUT2D eigenvalue weighted by atomic mass is 32.2. The molecule has 0 aliphatic rings. The van der Waals surface area contributed by atoms with Gasteiger partial charge in [-0.1, -0.05) is 49.4 Å². The summed E-state index contributed by atoms with van der Waals surface area (Å²) in [5.74, 6) is 1.26. The van der Waals surface area contributed by atoms with Crippen LogP contribution >= 0.6 is 11.8 Å². The van der Waals surface area contributed by atoms with Gasteiger partial charge in [0.2, 0.25) is 0 Å². The third-order valence-electron chi connectivity index (χ3n) is 4.68. The van der Waals surface area contributed by atoms with Gasteiger partial charge in [-0.25, -0.2) is 0 Å². The topological polar surface area (TPSA) is 73.8 Å². The number of rotatable bonds is 9. The van der Waals surface area contributed by atoms with Crippen molar-refractivity contribution in [2.45, 2.75) is 49.8 Å². The van der Waals surface area contributed by atoms with Gasteiger partial charge in [-0.3, -0.25) is 10.1 Å². The molecular formula is C21H21F3N4O2S. The molecule has 0 atom stereocenters. The summed E-state index contributed by atoms with van der Waals surface area (Å²) >= 11 is 1.39. The fraction of sp³-hybridized carbons (Fsp3) is 0.333. The Morgan fingerprint density at radius 1 is 1.03 bits per heavy atom. The summed E-state index contributed by atoms with van der Waals surface area (Å²) in [5, 5.41) is 20.1. The number of aryl methyl sites for hydroxylation is 1. The van der Waals surface area contributed by atoms with Gasteiger partial charge in [-0.15, -0.1) is 10.2 Å². The van der Waals surface area contributed by atoms with E-state index in [4.69, 9.17) is 0 Å². The van der Waals surface area contributed by atoms with Crippen molar-refractivity contribution in [3.8, 4) is 0 Å². The first-order chi connectivity index (χ1) is 14.8. The van der Waals surface area contributed by atoms with Gasteiger partial charge in [0.15, 0.2) is 5.16 Å². The first-order valence-corrected chi connectivity index (χ1v) is 10.7. The molecule has 0 aliphatic heterocycles. The Hall–Kier alpha value is -2.88. The molecule has 0 bridgehead atoms. The zero-order chi connectivity index (χ0) is 22.4. The van der Waals surface area contributed by atoms with Crippen molar-refractivity contribution in [2.75, 3.05) is 0 Å². The Kier molecular flexibility index (Phi) is 7.32. The standard InChI is InChI=1S/C21H21F3N4O2S/c1-2-3-4-19-25-26-20(27(19)13-15-7-11-18(12-8-15)28(29)30)31-14-16-5-9-17(10-6-16)21(22,23)24/h5-12H,2-4,13-14H2,1H3. The largest absolute Gasteiger partial charge is 0.416 e. The Morgan fingerprint density at radius 3 is 2.26 bits per heavy atom. The molecule has 0 unspecified atom stereocenters. The number of unbranched alkanes of at least 4 members (excludes halogenated alkanes) is 1. The maximum atomic E-state index is 12.7. The first kappa shape index (κ1) is 22.8. The van der Waals surface area contributed by atoms with Gasteiger partial charge < -0.3 is 4.57 Å². The predicted octanol–water partition coefficient (Wildman–Crippen LogP) is 5.89. The van der Waals surface area contributed by atoms with Gasteiger partial charge in [0.05, 0.1) is 17.0 Å². The molecule has 2 aromatic carbocycles. The molecule has 1 heterocycles. The average Bonchev–Trinajstić information content (AvgIpc) is 3.12. The lowest BCUT2D eigenvalue weighted by Crippen LogP contribution is -2.07. The molecule has 3 rings (SSSR count). The molecule has 0 aliphatic carbocycles. The molecule has 0 N–H and O–H groups in total. The molecule has 10 heteroatoms. The molecular weight excluding hydrogens is 429 g/mol. The smallest absolute Gasteiger partial charge is 0.302 e. The van der Waals surface area contributed by atoms with Crippen LogP contribution < -0.4 is 0 Å². The maximum absolute atomic E-state index is 12.7. The van der Waals surface area contributed by atoms with E-state index < -0.39 is 16.7 Å². The van der Waals surface area contributed by atoms with Crippen LogP contribution in [0.5, 0.6) is 0 Å². The molecule has 6 nitrogen and oxygen atoms in total. The number of benzene rings is 2. The van der Waals surface area contributed by atoms with Crippen molar-refractivity contribution in [3.05, 3.63) is 81.2 Å². The summed E-state index contributed by atoms with van der Waals surface area (Å²) in [4.78, 5) is 10.4. The Balaban J connectivity index is 1.76. The van der Waals surface area contributed by atoms with Crippen molar-refractivity contribution in [3.63, 3.8) is 0 Å². The molecule has 164 valence electrons. The summed E-state index contributed by atoms with van der Waals surface area (Å²) in [6, 6.07) is 11.4. The SMILES string of the molecule is CCCCc1nnc(SCc2ccc(C(F)(F)F)cc2)n1Cc1ccc([N+](=O)[O-])cc1. The van der Waals surface area contributed by atoms with Crippen LogP contribution in [0.2, 0.25) is 0 Å². The van der Waals surface area contributed by atoms with Crippen LogP contribution in [0.3, 0.4) is 0 Å². The molecule has 1 aromatic heterocycles. The number of alkyl halides is 3. The van der Waals surface area contributed by atoms with Crippen molar-refractivity contribution in [1.82, 2.24) is 14.8 Å². The lowest BCUT2D eigenvalue weighted by molar-refractivity contribution is -0.384. The maximum Gasteiger partial charge on any atom is 0.416 e. The summed E-state index contributed by atoms with van der Waals surface area (Å²) in [6.45, 7) is 2.54. The zero-order valence-corrected chi connectivity index (χ0v) is 17.6. The van der Waals surface area contributed by atoms with E-state index in [1.807, 2.05) is 4.57 Å². The van der Waals surface area contributed by atoms with E-state index in [0.29, 0.717) is 17.5 Å². The molecule has 3 aromatic rings. The van der Waals surface area contributed by atoms with Crippen LogP contribution in [0.25, 0.3) is 0 Å². The Morgan fingerprint density at radius 2 is 1.68 bits per heavy atom. The number of nitro groups is 1. The van der Waals surface area contributed by atoms with Crippen molar-refractivity contribution in [2.24, 2.45) is 0 Å². The second-order valence-electron chi connectivity index (χ2n) is 7.00. The Bertz CT molecular complexity index is 1020. The van der Waals surface area contributed by atoms with Crippen molar-refractivity contribution >= 4 is 17.4 Å². The van der Waals surface area contributed by atoms with Crippen molar-refractivity contribution < 1.29 is 18.1 Å². The number of nitro benzene ring substituents is 1. The lowest BCUT2D eigenvalue weighted by atomic mass is 10.1. The van der Waals surface area contributed by atoms with Gasteiger partial charge in [0.1, 0.15) is 5.82 Å². The number of hydrogen-bond donors (Lipinski definition) is 0. The van der Waals surface area contributed by atoms with Gasteiger partial charge in [0, 0.05) is 24.3 Å². The summed E-state index contributed by atoms with van der Waals surface area (Å²) < 4.78 is 40.2. The summed E-state index contributed by atoms with van der Waals surface area (Å²) in [5.41, 5.74) is 0.970. The molecule has 0 amide bonds. The molecule has 31 heavy (non-hydrogen) atoms. The van der Waals surface area contributed by atoms with E-state index in [0.717, 1.165) is 48.3 Å². The van der Waals surface area contributed by atoms with E-state index in [1.54, 1.807) is 12.1 Å². The fourth-order valence-electron chi connectivity index (χ4n) is 2.95. The number of aromatic nitrogens is 3. The van der Waals surface area contributed by atoms with Crippen LogP contribution in [0.1, 0.15) is 42.3 Å². The number of hydrogen-bond acceptors (Lipinski definition) is 5. The highest BCUT2D eigenvalue weighted by Crippen LogP contribution is 2.30. The first-order valence-electron chi connectivity index (χ1n) is 9.72. The number of non-ortho nitro benzene ring substituents is 1. The third-order valence-corrected chi connectivity index (χ3v) is 5.72. The summed E-state index contributed by atoms with van der Waals surface area (Å²) in [6.07, 6.45) is -1.66. The van der Waals surface area contributed by atoms with Crippen molar-refractivity contribution in [1.29, 1.82) is 0 Å². The molecule has 0 spiro atoms. The van der Waals surface area contributed by atoms with E-state index in [-0.39, 0.29) is 5.69 Å².